The highest BCUT2D eigenvalue weighted by molar-refractivity contribution is 5.78. The molecular weight excluding hydrogens is 343 g/mol. The fourth-order valence-corrected chi connectivity index (χ4v) is 4.25. The standard InChI is InChI=1S/C22H37FN2O2/c1-14(2)19(24-20(26)15(3)4)21(27)25-12-11-18(22(5,6)13-25)16-7-9-17(23)10-8-16/h7-9,14-15,17-19,21,27H,10-13H2,1-6H3,(H,24,26)/t17?,18?,19-,21?/m1/s1. The maximum absolute atomic E-state index is 13.4. The summed E-state index contributed by atoms with van der Waals surface area (Å²) in [4.78, 5) is 14.3. The second kappa shape index (κ2) is 8.87. The van der Waals surface area contributed by atoms with E-state index in [2.05, 4.69) is 24.1 Å². The third-order valence-electron chi connectivity index (χ3n) is 5.98. The van der Waals surface area contributed by atoms with E-state index in [0.29, 0.717) is 12.3 Å². The molecule has 0 aromatic rings. The molecule has 1 heterocycles. The van der Waals surface area contributed by atoms with E-state index in [-0.39, 0.29) is 29.2 Å². The van der Waals surface area contributed by atoms with E-state index in [0.717, 1.165) is 19.5 Å². The Morgan fingerprint density at radius 2 is 2.00 bits per heavy atom. The summed E-state index contributed by atoms with van der Waals surface area (Å²) in [6.07, 6.45) is 5.42. The first kappa shape index (κ1) is 22.1. The predicted molar refractivity (Wildman–Crippen MR) is 108 cm³/mol. The molecule has 0 aromatic carbocycles. The Bertz CT molecular complexity index is 583. The molecule has 27 heavy (non-hydrogen) atoms. The van der Waals surface area contributed by atoms with Crippen LogP contribution in [0.15, 0.2) is 23.8 Å². The summed E-state index contributed by atoms with van der Waals surface area (Å²) in [5, 5.41) is 14.1. The first-order valence-corrected chi connectivity index (χ1v) is 10.3. The number of hydrogen-bond acceptors (Lipinski definition) is 3. The lowest BCUT2D eigenvalue weighted by molar-refractivity contribution is -0.129. The number of halogens is 1. The number of aliphatic hydroxyl groups excluding tert-OH is 1. The normalized spacial score (nSPS) is 28.1. The highest BCUT2D eigenvalue weighted by Gasteiger charge is 2.41. The van der Waals surface area contributed by atoms with Crippen LogP contribution in [0, 0.1) is 23.2 Å². The monoisotopic (exact) mass is 380 g/mol. The van der Waals surface area contributed by atoms with Gasteiger partial charge in [-0.05, 0) is 29.2 Å². The fraction of sp³-hybridized carbons (Fsp3) is 0.773. The number of rotatable bonds is 6. The summed E-state index contributed by atoms with van der Waals surface area (Å²) in [5.74, 6) is 0.353. The Labute approximate surface area is 163 Å². The Balaban J connectivity index is 2.08. The Morgan fingerprint density at radius 1 is 1.33 bits per heavy atom. The van der Waals surface area contributed by atoms with Gasteiger partial charge in [-0.3, -0.25) is 9.69 Å². The first-order chi connectivity index (χ1) is 12.5. The molecule has 2 aliphatic rings. The number of amides is 1. The molecule has 3 unspecified atom stereocenters. The van der Waals surface area contributed by atoms with Crippen LogP contribution in [0.25, 0.3) is 0 Å². The molecule has 2 N–H and O–H groups in total. The maximum atomic E-state index is 13.4. The number of nitrogens with one attached hydrogen (secondary N) is 1. The third kappa shape index (κ3) is 5.41. The van der Waals surface area contributed by atoms with E-state index in [1.165, 1.54) is 5.57 Å². The fourth-order valence-electron chi connectivity index (χ4n) is 4.25. The van der Waals surface area contributed by atoms with Gasteiger partial charge in [0.15, 0.2) is 0 Å². The zero-order valence-electron chi connectivity index (χ0n) is 17.7. The lowest BCUT2D eigenvalue weighted by atomic mass is 9.69. The van der Waals surface area contributed by atoms with Gasteiger partial charge in [0.1, 0.15) is 12.4 Å². The number of likely N-dealkylation sites (tertiary alicyclic amines) is 1. The van der Waals surface area contributed by atoms with Crippen molar-refractivity contribution in [3.05, 3.63) is 23.8 Å². The van der Waals surface area contributed by atoms with Crippen molar-refractivity contribution < 1.29 is 14.3 Å². The van der Waals surface area contributed by atoms with E-state index >= 15 is 0 Å². The van der Waals surface area contributed by atoms with E-state index in [1.807, 2.05) is 39.8 Å². The molecule has 0 radical (unpaired) electrons. The van der Waals surface area contributed by atoms with Gasteiger partial charge in [-0.25, -0.2) is 4.39 Å². The van der Waals surface area contributed by atoms with Crippen molar-refractivity contribution in [2.75, 3.05) is 13.1 Å². The molecule has 1 aliphatic heterocycles. The molecule has 1 fully saturated rings. The van der Waals surface area contributed by atoms with Crippen molar-refractivity contribution in [3.63, 3.8) is 0 Å². The molecule has 154 valence electrons. The van der Waals surface area contributed by atoms with Gasteiger partial charge in [0, 0.05) is 25.4 Å². The lowest BCUT2D eigenvalue weighted by Crippen LogP contribution is -2.59. The number of aliphatic hydroxyl groups is 1. The lowest BCUT2D eigenvalue weighted by Gasteiger charge is -2.48. The van der Waals surface area contributed by atoms with Crippen LogP contribution >= 0.6 is 0 Å². The quantitative estimate of drug-likeness (QED) is 0.739. The number of carbonyl (C=O) groups is 1. The van der Waals surface area contributed by atoms with E-state index < -0.39 is 12.4 Å². The van der Waals surface area contributed by atoms with E-state index in [4.69, 9.17) is 0 Å². The van der Waals surface area contributed by atoms with Crippen molar-refractivity contribution in [1.29, 1.82) is 0 Å². The second-order valence-corrected chi connectivity index (χ2v) is 9.46. The van der Waals surface area contributed by atoms with Crippen LogP contribution < -0.4 is 5.32 Å². The molecule has 0 aromatic heterocycles. The Morgan fingerprint density at radius 3 is 2.48 bits per heavy atom. The molecule has 0 bridgehead atoms. The Hall–Kier alpha value is -1.20. The Kier molecular flexibility index (Phi) is 7.26. The number of piperidine rings is 1. The molecule has 2 rings (SSSR count). The largest absolute Gasteiger partial charge is 0.376 e. The maximum Gasteiger partial charge on any atom is 0.222 e. The van der Waals surface area contributed by atoms with Crippen LogP contribution in [0.2, 0.25) is 0 Å². The molecule has 4 atom stereocenters. The average Bonchev–Trinajstić information content (AvgIpc) is 2.58. The van der Waals surface area contributed by atoms with Crippen molar-refractivity contribution in [3.8, 4) is 0 Å². The van der Waals surface area contributed by atoms with Crippen molar-refractivity contribution in [2.24, 2.45) is 23.2 Å². The molecule has 5 heteroatoms. The molecule has 1 saturated heterocycles. The van der Waals surface area contributed by atoms with Gasteiger partial charge < -0.3 is 10.4 Å². The van der Waals surface area contributed by atoms with Crippen LogP contribution in [0.1, 0.15) is 54.4 Å². The predicted octanol–water partition coefficient (Wildman–Crippen LogP) is 3.67. The van der Waals surface area contributed by atoms with Crippen molar-refractivity contribution in [1.82, 2.24) is 10.2 Å². The summed E-state index contributed by atoms with van der Waals surface area (Å²) in [5.41, 5.74) is 1.18. The summed E-state index contributed by atoms with van der Waals surface area (Å²) in [6.45, 7) is 13.7. The molecule has 1 amide bonds. The number of allylic oxidation sites excluding steroid dienone is 4. The van der Waals surface area contributed by atoms with Gasteiger partial charge in [-0.15, -0.1) is 0 Å². The average molecular weight is 381 g/mol. The summed E-state index contributed by atoms with van der Waals surface area (Å²) < 4.78 is 13.4. The molecule has 0 saturated carbocycles. The number of nitrogens with zero attached hydrogens (tertiary/aromatic N) is 1. The molecule has 0 spiro atoms. The van der Waals surface area contributed by atoms with Crippen LogP contribution in [-0.4, -0.2) is 47.4 Å². The molecule has 4 nitrogen and oxygen atoms in total. The number of carbonyl (C=O) groups excluding carboxylic acids is 1. The van der Waals surface area contributed by atoms with Crippen LogP contribution in [0.5, 0.6) is 0 Å². The minimum absolute atomic E-state index is 0.0276. The van der Waals surface area contributed by atoms with Crippen LogP contribution in [0.3, 0.4) is 0 Å². The summed E-state index contributed by atoms with van der Waals surface area (Å²) in [7, 11) is 0. The zero-order chi connectivity index (χ0) is 20.4. The summed E-state index contributed by atoms with van der Waals surface area (Å²) in [6, 6.07) is -0.298. The highest BCUT2D eigenvalue weighted by Crippen LogP contribution is 2.42. The second-order valence-electron chi connectivity index (χ2n) is 9.46. The highest BCUT2D eigenvalue weighted by atomic mass is 19.1. The minimum atomic E-state index is -0.866. The van der Waals surface area contributed by atoms with Crippen molar-refractivity contribution in [2.45, 2.75) is 72.8 Å². The number of hydrogen-bond donors (Lipinski definition) is 2. The smallest absolute Gasteiger partial charge is 0.222 e. The molecule has 1 aliphatic carbocycles. The van der Waals surface area contributed by atoms with Crippen LogP contribution in [0.4, 0.5) is 4.39 Å². The summed E-state index contributed by atoms with van der Waals surface area (Å²) >= 11 is 0. The van der Waals surface area contributed by atoms with Gasteiger partial charge in [-0.2, -0.15) is 0 Å². The molecular formula is C22H37FN2O2. The van der Waals surface area contributed by atoms with Crippen molar-refractivity contribution >= 4 is 5.91 Å². The van der Waals surface area contributed by atoms with Gasteiger partial charge in [-0.1, -0.05) is 59.8 Å². The van der Waals surface area contributed by atoms with E-state index in [1.54, 1.807) is 6.08 Å². The SMILES string of the molecule is CC(C)C(=O)N[C@H](C(C)C)C(O)N1CCC(C2=CCC(F)C=C2)C(C)(C)C1. The third-order valence-corrected chi connectivity index (χ3v) is 5.98. The van der Waals surface area contributed by atoms with Crippen LogP contribution in [-0.2, 0) is 4.79 Å². The van der Waals surface area contributed by atoms with Gasteiger partial charge in [0.2, 0.25) is 5.91 Å². The first-order valence-electron chi connectivity index (χ1n) is 10.3. The topological polar surface area (TPSA) is 52.6 Å². The van der Waals surface area contributed by atoms with Gasteiger partial charge >= 0.3 is 0 Å². The van der Waals surface area contributed by atoms with Gasteiger partial charge in [0.05, 0.1) is 6.04 Å². The zero-order valence-corrected chi connectivity index (χ0v) is 17.7. The minimum Gasteiger partial charge on any atom is -0.376 e. The van der Waals surface area contributed by atoms with E-state index in [9.17, 15) is 14.3 Å². The van der Waals surface area contributed by atoms with Gasteiger partial charge in [0.25, 0.3) is 0 Å². The number of alkyl halides is 1.